The van der Waals surface area contributed by atoms with Crippen LogP contribution in [-0.2, 0) is 10.3 Å². The first-order valence-corrected chi connectivity index (χ1v) is 8.27. The van der Waals surface area contributed by atoms with Gasteiger partial charge in [-0.05, 0) is 50.6 Å². The molecule has 3 heteroatoms. The summed E-state index contributed by atoms with van der Waals surface area (Å²) in [5, 5.41) is 6.62. The second kappa shape index (κ2) is 6.18. The molecule has 0 spiro atoms. The van der Waals surface area contributed by atoms with Gasteiger partial charge in [-0.3, -0.25) is 4.79 Å². The van der Waals surface area contributed by atoms with Crippen LogP contribution in [0.15, 0.2) is 24.3 Å². The van der Waals surface area contributed by atoms with Crippen LogP contribution in [-0.4, -0.2) is 19.0 Å². The number of carbonyl (C=O) groups excluding carboxylic acids is 1. The Morgan fingerprint density at radius 2 is 2.05 bits per heavy atom. The average Bonchev–Trinajstić information content (AvgIpc) is 3.16. The largest absolute Gasteiger partial charge is 0.345 e. The quantitative estimate of drug-likeness (QED) is 0.844. The Morgan fingerprint density at radius 3 is 2.71 bits per heavy atom. The fourth-order valence-corrected chi connectivity index (χ4v) is 3.43. The van der Waals surface area contributed by atoms with Crippen LogP contribution in [0.3, 0.4) is 0 Å². The Bertz CT molecular complexity index is 502. The predicted molar refractivity (Wildman–Crippen MR) is 85.1 cm³/mol. The fourth-order valence-electron chi connectivity index (χ4n) is 3.43. The van der Waals surface area contributed by atoms with Crippen LogP contribution in [0.4, 0.5) is 0 Å². The second-order valence-electron chi connectivity index (χ2n) is 6.78. The zero-order valence-electron chi connectivity index (χ0n) is 13.0. The number of rotatable bonds is 6. The molecule has 114 valence electrons. The van der Waals surface area contributed by atoms with Crippen LogP contribution in [0.25, 0.3) is 0 Å². The molecular weight excluding hydrogens is 260 g/mol. The van der Waals surface area contributed by atoms with Gasteiger partial charge in [0.25, 0.3) is 0 Å². The maximum absolute atomic E-state index is 12.3. The lowest BCUT2D eigenvalue weighted by Gasteiger charge is -2.31. The summed E-state index contributed by atoms with van der Waals surface area (Å²) < 4.78 is 0. The van der Waals surface area contributed by atoms with Gasteiger partial charge < -0.3 is 10.6 Å². The van der Waals surface area contributed by atoms with E-state index in [-0.39, 0.29) is 11.4 Å². The molecule has 3 nitrogen and oxygen atoms in total. The minimum absolute atomic E-state index is 0.135. The highest BCUT2D eigenvalue weighted by molar-refractivity contribution is 5.79. The minimum Gasteiger partial charge on any atom is -0.345 e. The number of hydrogen-bond acceptors (Lipinski definition) is 2. The average molecular weight is 286 g/mol. The fraction of sp³-hybridized carbons (Fsp3) is 0.611. The summed E-state index contributed by atoms with van der Waals surface area (Å²) in [5.41, 5.74) is 2.40. The number of aryl methyl sites for hydroxylation is 1. The molecule has 0 aromatic heterocycles. The number of benzene rings is 1. The van der Waals surface area contributed by atoms with Crippen molar-refractivity contribution in [1.82, 2.24) is 10.6 Å². The van der Waals surface area contributed by atoms with Crippen molar-refractivity contribution in [2.75, 3.05) is 13.1 Å². The topological polar surface area (TPSA) is 41.1 Å². The summed E-state index contributed by atoms with van der Waals surface area (Å²) >= 11 is 0. The smallest absolute Gasteiger partial charge is 0.234 e. The number of amides is 1. The maximum Gasteiger partial charge on any atom is 0.234 e. The highest BCUT2D eigenvalue weighted by Gasteiger charge is 2.36. The van der Waals surface area contributed by atoms with E-state index in [4.69, 9.17) is 0 Å². The van der Waals surface area contributed by atoms with Crippen molar-refractivity contribution >= 4 is 5.91 Å². The lowest BCUT2D eigenvalue weighted by Crippen LogP contribution is -2.47. The summed E-state index contributed by atoms with van der Waals surface area (Å²) in [4.78, 5) is 12.3. The van der Waals surface area contributed by atoms with E-state index in [0.29, 0.717) is 6.54 Å². The van der Waals surface area contributed by atoms with Crippen molar-refractivity contribution in [3.05, 3.63) is 35.4 Å². The van der Waals surface area contributed by atoms with Gasteiger partial charge >= 0.3 is 0 Å². The normalized spacial score (nSPS) is 20.4. The van der Waals surface area contributed by atoms with Crippen molar-refractivity contribution in [1.29, 1.82) is 0 Å². The van der Waals surface area contributed by atoms with Gasteiger partial charge in [0, 0.05) is 0 Å². The molecule has 1 aromatic rings. The van der Waals surface area contributed by atoms with E-state index < -0.39 is 0 Å². The van der Waals surface area contributed by atoms with Crippen molar-refractivity contribution in [2.45, 2.75) is 51.0 Å². The lowest BCUT2D eigenvalue weighted by atomic mass is 9.87. The number of carbonyl (C=O) groups is 1. The molecule has 0 bridgehead atoms. The third-order valence-electron chi connectivity index (χ3n) is 4.82. The third kappa shape index (κ3) is 3.65. The minimum atomic E-state index is -0.135. The van der Waals surface area contributed by atoms with Gasteiger partial charge in [-0.25, -0.2) is 0 Å². The molecule has 2 N–H and O–H groups in total. The highest BCUT2D eigenvalue weighted by Crippen LogP contribution is 2.38. The molecular formula is C18H26N2O. The van der Waals surface area contributed by atoms with Crippen LogP contribution in [0, 0.1) is 12.8 Å². The SMILES string of the molecule is Cc1cccc(C2(NC(=O)CNCC3CC3)CCCC2)c1. The monoisotopic (exact) mass is 286 g/mol. The Labute approximate surface area is 127 Å². The first-order chi connectivity index (χ1) is 10.2. The summed E-state index contributed by atoms with van der Waals surface area (Å²) in [6, 6.07) is 8.60. The first kappa shape index (κ1) is 14.6. The Hall–Kier alpha value is -1.35. The van der Waals surface area contributed by atoms with Gasteiger partial charge in [-0.2, -0.15) is 0 Å². The molecule has 1 amide bonds. The third-order valence-corrected chi connectivity index (χ3v) is 4.82. The van der Waals surface area contributed by atoms with E-state index >= 15 is 0 Å². The highest BCUT2D eigenvalue weighted by atomic mass is 16.2. The molecule has 3 rings (SSSR count). The van der Waals surface area contributed by atoms with Crippen LogP contribution in [0.1, 0.15) is 49.7 Å². The summed E-state index contributed by atoms with van der Waals surface area (Å²) in [6.45, 7) is 3.56. The molecule has 0 saturated heterocycles. The molecule has 0 unspecified atom stereocenters. The van der Waals surface area contributed by atoms with E-state index in [1.807, 2.05) is 0 Å². The predicted octanol–water partition coefficient (Wildman–Crippen LogP) is 2.88. The van der Waals surface area contributed by atoms with Crippen molar-refractivity contribution in [2.24, 2.45) is 5.92 Å². The van der Waals surface area contributed by atoms with Crippen molar-refractivity contribution < 1.29 is 4.79 Å². The number of hydrogen-bond donors (Lipinski definition) is 2. The second-order valence-corrected chi connectivity index (χ2v) is 6.78. The van der Waals surface area contributed by atoms with Crippen molar-refractivity contribution in [3.63, 3.8) is 0 Å². The standard InChI is InChI=1S/C18H26N2O/c1-14-5-4-6-16(11-14)18(9-2-3-10-18)20-17(21)13-19-12-15-7-8-15/h4-6,11,15,19H,2-3,7-10,12-13H2,1H3,(H,20,21). The molecule has 2 saturated carbocycles. The van der Waals surface area contributed by atoms with Crippen LogP contribution in [0.5, 0.6) is 0 Å². The molecule has 21 heavy (non-hydrogen) atoms. The summed E-state index contributed by atoms with van der Waals surface area (Å²) in [6.07, 6.45) is 7.16. The van der Waals surface area contributed by atoms with E-state index in [1.165, 1.54) is 36.8 Å². The van der Waals surface area contributed by atoms with Gasteiger partial charge in [0.15, 0.2) is 0 Å². The Balaban J connectivity index is 1.64. The maximum atomic E-state index is 12.3. The summed E-state index contributed by atoms with van der Waals surface area (Å²) in [5.74, 6) is 0.953. The first-order valence-electron chi connectivity index (χ1n) is 8.27. The molecule has 0 heterocycles. The van der Waals surface area contributed by atoms with Crippen LogP contribution < -0.4 is 10.6 Å². The lowest BCUT2D eigenvalue weighted by molar-refractivity contribution is -0.122. The molecule has 2 aliphatic carbocycles. The van der Waals surface area contributed by atoms with Gasteiger partial charge in [0.1, 0.15) is 0 Å². The van der Waals surface area contributed by atoms with Gasteiger partial charge in [-0.15, -0.1) is 0 Å². The van der Waals surface area contributed by atoms with Crippen LogP contribution in [0.2, 0.25) is 0 Å². The Morgan fingerprint density at radius 1 is 1.29 bits per heavy atom. The number of nitrogens with one attached hydrogen (secondary N) is 2. The summed E-state index contributed by atoms with van der Waals surface area (Å²) in [7, 11) is 0. The zero-order chi connectivity index (χ0) is 14.7. The van der Waals surface area contributed by atoms with Crippen molar-refractivity contribution in [3.8, 4) is 0 Å². The molecule has 1 aromatic carbocycles. The molecule has 0 aliphatic heterocycles. The molecule has 2 fully saturated rings. The van der Waals surface area contributed by atoms with E-state index in [0.717, 1.165) is 25.3 Å². The van der Waals surface area contributed by atoms with Gasteiger partial charge in [-0.1, -0.05) is 42.7 Å². The van der Waals surface area contributed by atoms with Crippen LogP contribution >= 0.6 is 0 Å². The van der Waals surface area contributed by atoms with E-state index in [9.17, 15) is 4.79 Å². The molecule has 0 radical (unpaired) electrons. The zero-order valence-corrected chi connectivity index (χ0v) is 13.0. The molecule has 2 aliphatic rings. The van der Waals surface area contributed by atoms with Gasteiger partial charge in [0.2, 0.25) is 5.91 Å². The van der Waals surface area contributed by atoms with Gasteiger partial charge in [0.05, 0.1) is 12.1 Å². The van der Waals surface area contributed by atoms with E-state index in [2.05, 4.69) is 41.8 Å². The molecule has 0 atom stereocenters. The van der Waals surface area contributed by atoms with E-state index in [1.54, 1.807) is 0 Å². The Kier molecular flexibility index (Phi) is 4.29.